The van der Waals surface area contributed by atoms with E-state index < -0.39 is 0 Å². The van der Waals surface area contributed by atoms with E-state index in [0.29, 0.717) is 12.5 Å². The topological polar surface area (TPSA) is 9.23 Å². The number of ether oxygens (including phenoxy) is 1. The highest BCUT2D eigenvalue weighted by Crippen LogP contribution is 2.62. The molecule has 1 aromatic carbocycles. The van der Waals surface area contributed by atoms with E-state index in [-0.39, 0.29) is 5.38 Å². The van der Waals surface area contributed by atoms with Crippen molar-refractivity contribution in [1.29, 1.82) is 0 Å². The van der Waals surface area contributed by atoms with Gasteiger partial charge in [0, 0.05) is 10.0 Å². The van der Waals surface area contributed by atoms with Crippen molar-refractivity contribution >= 4 is 27.5 Å². The molecule has 3 atom stereocenters. The smallest absolute Gasteiger partial charge is 0.124 e. The summed E-state index contributed by atoms with van der Waals surface area (Å²) in [5, 5.41) is 0.104. The molecule has 19 heavy (non-hydrogen) atoms. The minimum atomic E-state index is 0.104. The van der Waals surface area contributed by atoms with Crippen LogP contribution in [0.1, 0.15) is 43.5 Å². The Hall–Kier alpha value is -0.210. The highest BCUT2D eigenvalue weighted by Gasteiger charge is 2.54. The fraction of sp³-hybridized carbons (Fsp3) is 0.625. The summed E-state index contributed by atoms with van der Waals surface area (Å²) in [6.45, 7) is 2.71. The van der Waals surface area contributed by atoms with Gasteiger partial charge in [0.25, 0.3) is 0 Å². The van der Waals surface area contributed by atoms with Gasteiger partial charge in [-0.25, -0.2) is 0 Å². The predicted octanol–water partition coefficient (Wildman–Crippen LogP) is 5.56. The number of hydrogen-bond donors (Lipinski definition) is 0. The number of fused-ring (bicyclic) bond motifs is 1. The quantitative estimate of drug-likeness (QED) is 0.650. The Balaban J connectivity index is 1.82. The Morgan fingerprint density at radius 1 is 1.32 bits per heavy atom. The molecule has 0 aliphatic heterocycles. The predicted molar refractivity (Wildman–Crippen MR) is 82.8 cm³/mol. The Morgan fingerprint density at radius 3 is 2.63 bits per heavy atom. The number of halogens is 2. The van der Waals surface area contributed by atoms with Gasteiger partial charge in [-0.05, 0) is 55.7 Å². The molecule has 0 spiro atoms. The van der Waals surface area contributed by atoms with Crippen molar-refractivity contribution in [3.8, 4) is 5.75 Å². The van der Waals surface area contributed by atoms with Crippen molar-refractivity contribution in [1.82, 2.24) is 0 Å². The lowest BCUT2D eigenvalue weighted by atomic mass is 10.0. The van der Waals surface area contributed by atoms with E-state index in [9.17, 15) is 0 Å². The summed E-state index contributed by atoms with van der Waals surface area (Å²) in [5.74, 6) is 3.35. The van der Waals surface area contributed by atoms with Gasteiger partial charge in [0.15, 0.2) is 0 Å². The second-order valence-electron chi connectivity index (χ2n) is 5.71. The summed E-state index contributed by atoms with van der Waals surface area (Å²) in [4.78, 5) is 0. The Kier molecular flexibility index (Phi) is 4.09. The third-order valence-corrected chi connectivity index (χ3v) is 5.65. The molecule has 104 valence electrons. The Labute approximate surface area is 128 Å². The zero-order chi connectivity index (χ0) is 13.4. The number of alkyl halides is 1. The highest BCUT2D eigenvalue weighted by molar-refractivity contribution is 9.10. The molecule has 0 heterocycles. The van der Waals surface area contributed by atoms with Gasteiger partial charge in [-0.2, -0.15) is 0 Å². The summed E-state index contributed by atoms with van der Waals surface area (Å²) in [6.07, 6.45) is 5.52. The van der Waals surface area contributed by atoms with Gasteiger partial charge in [0.1, 0.15) is 5.75 Å². The van der Waals surface area contributed by atoms with Crippen molar-refractivity contribution < 1.29 is 4.74 Å². The molecular formula is C16H20BrClO. The van der Waals surface area contributed by atoms with E-state index in [1.54, 1.807) is 0 Å². The first-order valence-electron chi connectivity index (χ1n) is 7.28. The third kappa shape index (κ3) is 2.67. The van der Waals surface area contributed by atoms with Crippen LogP contribution in [-0.4, -0.2) is 6.61 Å². The van der Waals surface area contributed by atoms with Gasteiger partial charge in [0.2, 0.25) is 0 Å². The fourth-order valence-electron chi connectivity index (χ4n) is 3.71. The SMILES string of the molecule is CCOc1ccc(Br)cc1C(Cl)C1C2CCCCC21. The number of benzene rings is 1. The van der Waals surface area contributed by atoms with Crippen LogP contribution in [0.2, 0.25) is 0 Å². The maximum Gasteiger partial charge on any atom is 0.124 e. The minimum Gasteiger partial charge on any atom is -0.494 e. The van der Waals surface area contributed by atoms with Gasteiger partial charge >= 0.3 is 0 Å². The Morgan fingerprint density at radius 2 is 2.00 bits per heavy atom. The van der Waals surface area contributed by atoms with Crippen LogP contribution in [0.25, 0.3) is 0 Å². The van der Waals surface area contributed by atoms with Crippen LogP contribution in [0.4, 0.5) is 0 Å². The van der Waals surface area contributed by atoms with Gasteiger partial charge in [-0.1, -0.05) is 28.8 Å². The molecule has 2 aliphatic rings. The standard InChI is InChI=1S/C16H20BrClO/c1-2-19-14-8-7-10(17)9-13(14)16(18)15-11-5-3-4-6-12(11)15/h7-9,11-12,15-16H,2-6H2,1H3. The average molecular weight is 344 g/mol. The third-order valence-electron chi connectivity index (χ3n) is 4.63. The van der Waals surface area contributed by atoms with Gasteiger partial charge in [-0.3, -0.25) is 0 Å². The monoisotopic (exact) mass is 342 g/mol. The first-order valence-corrected chi connectivity index (χ1v) is 8.51. The maximum absolute atomic E-state index is 6.79. The van der Waals surface area contributed by atoms with Crippen LogP contribution in [0.5, 0.6) is 5.75 Å². The average Bonchev–Trinajstić information content (AvgIpc) is 3.14. The van der Waals surface area contributed by atoms with Crippen LogP contribution in [0.3, 0.4) is 0 Å². The van der Waals surface area contributed by atoms with Gasteiger partial charge < -0.3 is 4.74 Å². The van der Waals surface area contributed by atoms with Crippen LogP contribution >= 0.6 is 27.5 Å². The second-order valence-corrected chi connectivity index (χ2v) is 7.09. The molecule has 0 amide bonds. The zero-order valence-corrected chi connectivity index (χ0v) is 13.6. The lowest BCUT2D eigenvalue weighted by molar-refractivity contribution is 0.335. The maximum atomic E-state index is 6.79. The van der Waals surface area contributed by atoms with E-state index in [1.165, 1.54) is 25.7 Å². The molecule has 0 saturated heterocycles. The zero-order valence-electron chi connectivity index (χ0n) is 11.2. The molecule has 3 unspecified atom stereocenters. The van der Waals surface area contributed by atoms with E-state index >= 15 is 0 Å². The molecule has 2 aliphatic carbocycles. The lowest BCUT2D eigenvalue weighted by Crippen LogP contribution is -2.02. The van der Waals surface area contributed by atoms with Crippen LogP contribution in [0, 0.1) is 17.8 Å². The van der Waals surface area contributed by atoms with Crippen molar-refractivity contribution in [2.24, 2.45) is 17.8 Å². The molecule has 1 nitrogen and oxygen atoms in total. The number of rotatable bonds is 4. The normalized spacial score (nSPS) is 30.6. The molecular weight excluding hydrogens is 324 g/mol. The summed E-state index contributed by atoms with van der Waals surface area (Å²) in [7, 11) is 0. The Bertz CT molecular complexity index is 450. The molecule has 3 rings (SSSR count). The van der Waals surface area contributed by atoms with E-state index in [1.807, 2.05) is 19.1 Å². The first kappa shape index (κ1) is 13.8. The van der Waals surface area contributed by atoms with Crippen LogP contribution < -0.4 is 4.74 Å². The number of hydrogen-bond acceptors (Lipinski definition) is 1. The molecule has 0 bridgehead atoms. The molecule has 0 N–H and O–H groups in total. The van der Waals surface area contributed by atoms with Crippen molar-refractivity contribution in [3.05, 3.63) is 28.2 Å². The molecule has 0 aromatic heterocycles. The highest BCUT2D eigenvalue weighted by atomic mass is 79.9. The van der Waals surface area contributed by atoms with E-state index in [4.69, 9.17) is 16.3 Å². The minimum absolute atomic E-state index is 0.104. The molecule has 0 radical (unpaired) electrons. The largest absolute Gasteiger partial charge is 0.494 e. The summed E-state index contributed by atoms with van der Waals surface area (Å²) >= 11 is 10.3. The summed E-state index contributed by atoms with van der Waals surface area (Å²) in [6, 6.07) is 6.19. The molecule has 2 fully saturated rings. The van der Waals surface area contributed by atoms with E-state index in [0.717, 1.165) is 27.6 Å². The van der Waals surface area contributed by atoms with Gasteiger partial charge in [-0.15, -0.1) is 11.6 Å². The summed E-state index contributed by atoms with van der Waals surface area (Å²) < 4.78 is 6.82. The summed E-state index contributed by atoms with van der Waals surface area (Å²) in [5.41, 5.74) is 1.16. The molecule has 3 heteroatoms. The fourth-order valence-corrected chi connectivity index (χ4v) is 4.63. The first-order chi connectivity index (χ1) is 9.22. The molecule has 2 saturated carbocycles. The lowest BCUT2D eigenvalue weighted by Gasteiger charge is -2.15. The van der Waals surface area contributed by atoms with Gasteiger partial charge in [0.05, 0.1) is 12.0 Å². The van der Waals surface area contributed by atoms with Crippen LogP contribution in [0.15, 0.2) is 22.7 Å². The van der Waals surface area contributed by atoms with E-state index in [2.05, 4.69) is 22.0 Å². The van der Waals surface area contributed by atoms with Crippen molar-refractivity contribution in [2.75, 3.05) is 6.61 Å². The van der Waals surface area contributed by atoms with Crippen molar-refractivity contribution in [3.63, 3.8) is 0 Å². The van der Waals surface area contributed by atoms with Crippen molar-refractivity contribution in [2.45, 2.75) is 38.0 Å². The second kappa shape index (κ2) is 5.65. The molecule has 1 aromatic rings. The van der Waals surface area contributed by atoms with Crippen LogP contribution in [-0.2, 0) is 0 Å².